The van der Waals surface area contributed by atoms with Crippen molar-refractivity contribution in [3.05, 3.63) is 83.4 Å². The van der Waals surface area contributed by atoms with E-state index in [0.717, 1.165) is 18.8 Å². The lowest BCUT2D eigenvalue weighted by molar-refractivity contribution is 0.102. The van der Waals surface area contributed by atoms with Crippen LogP contribution in [0.25, 0.3) is 5.69 Å². The maximum atomic E-state index is 12.9. The molecule has 2 aromatic heterocycles. The summed E-state index contributed by atoms with van der Waals surface area (Å²) in [6, 6.07) is 13.6. The van der Waals surface area contributed by atoms with Crippen LogP contribution < -0.4 is 16.0 Å². The molecule has 0 unspecified atom stereocenters. The van der Waals surface area contributed by atoms with Crippen LogP contribution >= 0.6 is 11.6 Å². The van der Waals surface area contributed by atoms with E-state index in [4.69, 9.17) is 11.6 Å². The number of hydrogen-bond donors (Lipinski definition) is 3. The third kappa shape index (κ3) is 6.29. The molecule has 36 heavy (non-hydrogen) atoms. The van der Waals surface area contributed by atoms with Gasteiger partial charge >= 0.3 is 6.03 Å². The summed E-state index contributed by atoms with van der Waals surface area (Å²) in [5.41, 5.74) is 3.53. The third-order valence-corrected chi connectivity index (χ3v) is 5.64. The highest BCUT2D eigenvalue weighted by Crippen LogP contribution is 2.21. The van der Waals surface area contributed by atoms with E-state index in [-0.39, 0.29) is 5.91 Å². The summed E-state index contributed by atoms with van der Waals surface area (Å²) in [6.07, 6.45) is 5.01. The number of carbonyl (C=O) groups is 2. The Morgan fingerprint density at radius 1 is 1.00 bits per heavy atom. The molecule has 0 radical (unpaired) electrons. The number of urea groups is 1. The van der Waals surface area contributed by atoms with Crippen molar-refractivity contribution >= 4 is 40.6 Å². The molecule has 186 valence electrons. The van der Waals surface area contributed by atoms with Crippen LogP contribution in [0.2, 0.25) is 5.02 Å². The fourth-order valence-electron chi connectivity index (χ4n) is 3.42. The minimum Gasteiger partial charge on any atom is -0.319 e. The molecule has 4 aromatic rings. The Bertz CT molecular complexity index is 1380. The van der Waals surface area contributed by atoms with Gasteiger partial charge in [-0.25, -0.2) is 9.48 Å². The lowest BCUT2D eigenvalue weighted by Crippen LogP contribution is -2.19. The van der Waals surface area contributed by atoms with Crippen LogP contribution in [0, 0.1) is 6.92 Å². The monoisotopic (exact) mass is 506 g/mol. The standard InChI is InChI=1S/C25H27ClN8O2/c1-17-23(16-33(31-17)12-11-32(2)3)29-24(35)18-7-6-8-20(13-18)34-15-19(14-27-34)28-25(36)30-22-10-5-4-9-21(22)26/h4-10,13-16H,11-12H2,1-3H3,(H,29,35)(H2,28,30,36). The molecule has 0 aliphatic rings. The first kappa shape index (κ1) is 25.0. The molecule has 3 amide bonds. The molecule has 0 fully saturated rings. The molecule has 0 saturated carbocycles. The number of aromatic nitrogens is 4. The van der Waals surface area contributed by atoms with Gasteiger partial charge < -0.3 is 20.9 Å². The largest absolute Gasteiger partial charge is 0.323 e. The van der Waals surface area contributed by atoms with E-state index in [1.807, 2.05) is 38.0 Å². The highest BCUT2D eigenvalue weighted by atomic mass is 35.5. The number of para-hydroxylation sites is 1. The summed E-state index contributed by atoms with van der Waals surface area (Å²) in [4.78, 5) is 27.3. The van der Waals surface area contributed by atoms with Crippen molar-refractivity contribution in [2.24, 2.45) is 0 Å². The predicted octanol–water partition coefficient (Wildman–Crippen LogP) is 4.49. The predicted molar refractivity (Wildman–Crippen MR) is 141 cm³/mol. The maximum absolute atomic E-state index is 12.9. The Morgan fingerprint density at radius 2 is 1.81 bits per heavy atom. The van der Waals surface area contributed by atoms with E-state index in [0.29, 0.717) is 33.3 Å². The van der Waals surface area contributed by atoms with Crippen molar-refractivity contribution in [3.8, 4) is 5.69 Å². The van der Waals surface area contributed by atoms with Gasteiger partial charge in [0, 0.05) is 18.3 Å². The number of rotatable bonds is 8. The molecule has 0 aliphatic heterocycles. The molecule has 0 saturated heterocycles. The lowest BCUT2D eigenvalue weighted by atomic mass is 10.2. The van der Waals surface area contributed by atoms with Crippen molar-refractivity contribution in [3.63, 3.8) is 0 Å². The van der Waals surface area contributed by atoms with Crippen molar-refractivity contribution in [1.82, 2.24) is 24.5 Å². The molecular weight excluding hydrogens is 480 g/mol. The Balaban J connectivity index is 1.41. The number of benzene rings is 2. The number of hydrogen-bond acceptors (Lipinski definition) is 5. The van der Waals surface area contributed by atoms with Gasteiger partial charge in [0.15, 0.2) is 0 Å². The second kappa shape index (κ2) is 11.1. The summed E-state index contributed by atoms with van der Waals surface area (Å²) >= 11 is 6.08. The number of anilines is 3. The molecule has 4 rings (SSSR count). The molecule has 11 heteroatoms. The van der Waals surface area contributed by atoms with Gasteiger partial charge in [-0.2, -0.15) is 10.2 Å². The summed E-state index contributed by atoms with van der Waals surface area (Å²) in [6.45, 7) is 3.43. The topological polar surface area (TPSA) is 109 Å². The zero-order valence-corrected chi connectivity index (χ0v) is 21.0. The van der Waals surface area contributed by atoms with E-state index >= 15 is 0 Å². The van der Waals surface area contributed by atoms with Crippen LogP contribution in [-0.2, 0) is 6.54 Å². The molecule has 3 N–H and O–H groups in total. The van der Waals surface area contributed by atoms with Crippen molar-refractivity contribution < 1.29 is 9.59 Å². The zero-order chi connectivity index (χ0) is 25.7. The molecule has 10 nitrogen and oxygen atoms in total. The Morgan fingerprint density at radius 3 is 2.58 bits per heavy atom. The van der Waals surface area contributed by atoms with Crippen LogP contribution in [0.5, 0.6) is 0 Å². The number of nitrogens with zero attached hydrogens (tertiary/aromatic N) is 5. The molecule has 2 heterocycles. The molecule has 0 aliphatic carbocycles. The Hall–Kier alpha value is -4.15. The number of amides is 3. The first-order valence-electron chi connectivity index (χ1n) is 11.3. The maximum Gasteiger partial charge on any atom is 0.323 e. The van der Waals surface area contributed by atoms with E-state index in [2.05, 4.69) is 31.0 Å². The second-order valence-corrected chi connectivity index (χ2v) is 8.84. The van der Waals surface area contributed by atoms with E-state index in [9.17, 15) is 9.59 Å². The summed E-state index contributed by atoms with van der Waals surface area (Å²) in [5, 5.41) is 17.5. The average Bonchev–Trinajstić information content (AvgIpc) is 3.45. The van der Waals surface area contributed by atoms with Crippen LogP contribution in [-0.4, -0.2) is 57.0 Å². The molecule has 0 atom stereocenters. The average molecular weight is 507 g/mol. The molecule has 2 aromatic carbocycles. The fourth-order valence-corrected chi connectivity index (χ4v) is 3.60. The van der Waals surface area contributed by atoms with Gasteiger partial charge in [-0.1, -0.05) is 29.8 Å². The highest BCUT2D eigenvalue weighted by molar-refractivity contribution is 6.33. The Kier molecular flexibility index (Phi) is 7.67. The van der Waals surface area contributed by atoms with Crippen LogP contribution in [0.1, 0.15) is 16.1 Å². The van der Waals surface area contributed by atoms with Crippen LogP contribution in [0.15, 0.2) is 67.1 Å². The SMILES string of the molecule is Cc1nn(CCN(C)C)cc1NC(=O)c1cccc(-n2cc(NC(=O)Nc3ccccc3Cl)cn2)c1. The second-order valence-electron chi connectivity index (χ2n) is 8.43. The molecule has 0 spiro atoms. The van der Waals surface area contributed by atoms with Gasteiger partial charge in [-0.05, 0) is 51.4 Å². The number of likely N-dealkylation sites (N-methyl/N-ethyl adjacent to an activating group) is 1. The van der Waals surface area contributed by atoms with E-state index in [1.54, 1.807) is 53.3 Å². The van der Waals surface area contributed by atoms with Gasteiger partial charge in [-0.15, -0.1) is 0 Å². The zero-order valence-electron chi connectivity index (χ0n) is 20.2. The van der Waals surface area contributed by atoms with Crippen LogP contribution in [0.3, 0.4) is 0 Å². The van der Waals surface area contributed by atoms with Gasteiger partial charge in [0.2, 0.25) is 0 Å². The van der Waals surface area contributed by atoms with Gasteiger partial charge in [-0.3, -0.25) is 9.48 Å². The van der Waals surface area contributed by atoms with Crippen LogP contribution in [0.4, 0.5) is 21.9 Å². The minimum absolute atomic E-state index is 0.253. The van der Waals surface area contributed by atoms with E-state index in [1.165, 1.54) is 6.20 Å². The van der Waals surface area contributed by atoms with Crippen molar-refractivity contribution in [2.45, 2.75) is 13.5 Å². The highest BCUT2D eigenvalue weighted by Gasteiger charge is 2.13. The number of nitrogens with one attached hydrogen (secondary N) is 3. The minimum atomic E-state index is -0.447. The number of aryl methyl sites for hydroxylation is 1. The lowest BCUT2D eigenvalue weighted by Gasteiger charge is -2.08. The first-order valence-corrected chi connectivity index (χ1v) is 11.6. The molecular formula is C25H27ClN8O2. The fraction of sp³-hybridized carbons (Fsp3) is 0.200. The number of carbonyl (C=O) groups excluding carboxylic acids is 2. The third-order valence-electron chi connectivity index (χ3n) is 5.31. The van der Waals surface area contributed by atoms with Gasteiger partial charge in [0.05, 0.1) is 52.4 Å². The van der Waals surface area contributed by atoms with E-state index < -0.39 is 6.03 Å². The van der Waals surface area contributed by atoms with Crippen molar-refractivity contribution in [1.29, 1.82) is 0 Å². The summed E-state index contributed by atoms with van der Waals surface area (Å²) in [5.74, 6) is -0.253. The summed E-state index contributed by atoms with van der Waals surface area (Å²) < 4.78 is 3.40. The smallest absolute Gasteiger partial charge is 0.319 e. The normalized spacial score (nSPS) is 10.9. The Labute approximate surface area is 213 Å². The molecule has 0 bridgehead atoms. The van der Waals surface area contributed by atoms with Gasteiger partial charge in [0.1, 0.15) is 0 Å². The van der Waals surface area contributed by atoms with Crippen molar-refractivity contribution in [2.75, 3.05) is 36.6 Å². The first-order chi connectivity index (χ1) is 17.3. The summed E-state index contributed by atoms with van der Waals surface area (Å²) in [7, 11) is 4.00. The number of halogens is 1. The quantitative estimate of drug-likeness (QED) is 0.326. The van der Waals surface area contributed by atoms with Gasteiger partial charge in [0.25, 0.3) is 5.91 Å².